The summed E-state index contributed by atoms with van der Waals surface area (Å²) in [5.74, 6) is -1.36. The van der Waals surface area contributed by atoms with Crippen molar-refractivity contribution in [1.29, 1.82) is 0 Å². The highest BCUT2D eigenvalue weighted by Gasteiger charge is 2.36. The number of aromatic nitrogens is 3. The van der Waals surface area contributed by atoms with E-state index in [-0.39, 0.29) is 29.1 Å². The molecule has 0 spiro atoms. The molecule has 2 aromatic heterocycles. The van der Waals surface area contributed by atoms with Gasteiger partial charge >= 0.3 is 0 Å². The van der Waals surface area contributed by atoms with E-state index in [2.05, 4.69) is 10.2 Å². The Morgan fingerprint density at radius 2 is 2.03 bits per heavy atom. The Morgan fingerprint density at radius 1 is 1.26 bits per heavy atom. The number of ether oxygens (including phenoxy) is 2. The summed E-state index contributed by atoms with van der Waals surface area (Å²) in [6, 6.07) is 4.13. The molecular weight excluding hydrogens is 463 g/mol. The second-order valence-corrected chi connectivity index (χ2v) is 9.35. The molecule has 0 unspecified atom stereocenters. The third-order valence-corrected chi connectivity index (χ3v) is 6.68. The number of carbonyl (C=O) groups excluding carboxylic acids is 1. The number of aromatic hydroxyl groups is 1. The van der Waals surface area contributed by atoms with Crippen molar-refractivity contribution < 1.29 is 23.8 Å². The molecule has 1 aliphatic heterocycles. The molecular formula is C23H25FN4O5S. The molecule has 3 heterocycles. The van der Waals surface area contributed by atoms with Crippen LogP contribution in [-0.2, 0) is 11.2 Å². The maximum Gasteiger partial charge on any atom is 0.274 e. The molecule has 4 rings (SSSR count). The molecule has 34 heavy (non-hydrogen) atoms. The second kappa shape index (κ2) is 9.51. The molecule has 0 fully saturated rings. The first-order valence-electron chi connectivity index (χ1n) is 10.7. The number of fused-ring (bicyclic) bond motifs is 1. The third-order valence-electron chi connectivity index (χ3n) is 5.73. The summed E-state index contributed by atoms with van der Waals surface area (Å²) in [5, 5.41) is 20.0. The molecule has 0 radical (unpaired) electrons. The van der Waals surface area contributed by atoms with Gasteiger partial charge in [-0.25, -0.2) is 4.39 Å². The summed E-state index contributed by atoms with van der Waals surface area (Å²) in [5.41, 5.74) is 0.172. The summed E-state index contributed by atoms with van der Waals surface area (Å²) in [4.78, 5) is 27.7. The number of hydrogen-bond acceptors (Lipinski definition) is 8. The van der Waals surface area contributed by atoms with Gasteiger partial charge in [0.05, 0.1) is 25.3 Å². The van der Waals surface area contributed by atoms with E-state index < -0.39 is 22.9 Å². The summed E-state index contributed by atoms with van der Waals surface area (Å²) in [6.45, 7) is 4.42. The summed E-state index contributed by atoms with van der Waals surface area (Å²) in [7, 11) is 2.95. The van der Waals surface area contributed by atoms with Crippen molar-refractivity contribution in [2.75, 3.05) is 27.4 Å². The number of hydrogen-bond donors (Lipinski definition) is 1. The number of benzene rings is 1. The van der Waals surface area contributed by atoms with Crippen molar-refractivity contribution in [3.8, 4) is 22.1 Å². The van der Waals surface area contributed by atoms with Gasteiger partial charge in [0.2, 0.25) is 5.43 Å². The maximum atomic E-state index is 13.7. The number of amides is 1. The van der Waals surface area contributed by atoms with Gasteiger partial charge in [0, 0.05) is 32.3 Å². The second-order valence-electron chi connectivity index (χ2n) is 8.28. The van der Waals surface area contributed by atoms with E-state index in [4.69, 9.17) is 9.47 Å². The number of halogens is 1. The van der Waals surface area contributed by atoms with Gasteiger partial charge in [-0.05, 0) is 31.5 Å². The van der Waals surface area contributed by atoms with Gasteiger partial charge in [-0.2, -0.15) is 0 Å². The third kappa shape index (κ3) is 4.28. The summed E-state index contributed by atoms with van der Waals surface area (Å²) >= 11 is 1.19. The van der Waals surface area contributed by atoms with Crippen LogP contribution in [0.25, 0.3) is 10.6 Å². The standard InChI is InChI=1S/C23H25FN4O5S/c1-12(2)27-9-14(11-32-3)28-10-15(20(29)21(30)19(28)23(27)31)22-26-25-18(34-22)8-13-5-6-16(24)17(7-13)33-4/h5-7,10,12,14,30H,8-9,11H2,1-4H3/t14-/m1/s1. The van der Waals surface area contributed by atoms with Crippen LogP contribution in [0.1, 0.15) is 40.9 Å². The molecule has 1 N–H and O–H groups in total. The lowest BCUT2D eigenvalue weighted by atomic mass is 10.1. The molecule has 11 heteroatoms. The Labute approximate surface area is 199 Å². The fourth-order valence-corrected chi connectivity index (χ4v) is 4.88. The Bertz CT molecular complexity index is 1290. The zero-order valence-corrected chi connectivity index (χ0v) is 20.1. The molecule has 1 atom stereocenters. The van der Waals surface area contributed by atoms with Crippen LogP contribution >= 0.6 is 11.3 Å². The highest BCUT2D eigenvalue weighted by molar-refractivity contribution is 7.14. The largest absolute Gasteiger partial charge is 0.503 e. The van der Waals surface area contributed by atoms with Crippen molar-refractivity contribution in [2.45, 2.75) is 32.4 Å². The molecule has 3 aromatic rings. The molecule has 0 saturated carbocycles. The lowest BCUT2D eigenvalue weighted by Gasteiger charge is -2.38. The van der Waals surface area contributed by atoms with Crippen molar-refractivity contribution >= 4 is 17.2 Å². The van der Waals surface area contributed by atoms with E-state index in [0.29, 0.717) is 29.6 Å². The fourth-order valence-electron chi connectivity index (χ4n) is 4.00. The minimum Gasteiger partial charge on any atom is -0.503 e. The van der Waals surface area contributed by atoms with Crippen LogP contribution < -0.4 is 10.2 Å². The SMILES string of the molecule is COC[C@H]1CN(C(C)C)C(=O)c2c(O)c(=O)c(-c3nnc(Cc4ccc(F)c(OC)c4)s3)cn21. The lowest BCUT2D eigenvalue weighted by Crippen LogP contribution is -2.48. The molecule has 0 saturated heterocycles. The number of rotatable bonds is 7. The van der Waals surface area contributed by atoms with E-state index in [1.165, 1.54) is 24.5 Å². The van der Waals surface area contributed by atoms with Crippen molar-refractivity contribution in [1.82, 2.24) is 19.7 Å². The van der Waals surface area contributed by atoms with Gasteiger partial charge in [-0.15, -0.1) is 10.2 Å². The summed E-state index contributed by atoms with van der Waals surface area (Å²) < 4.78 is 25.6. The number of pyridine rings is 1. The minimum absolute atomic E-state index is 0.0566. The minimum atomic E-state index is -0.687. The monoisotopic (exact) mass is 488 g/mol. The van der Waals surface area contributed by atoms with Crippen LogP contribution in [0.2, 0.25) is 0 Å². The average molecular weight is 489 g/mol. The molecule has 0 aliphatic carbocycles. The van der Waals surface area contributed by atoms with Crippen molar-refractivity contribution in [3.05, 3.63) is 56.7 Å². The quantitative estimate of drug-likeness (QED) is 0.545. The van der Waals surface area contributed by atoms with E-state index in [1.807, 2.05) is 13.8 Å². The number of carbonyl (C=O) groups is 1. The Kier molecular flexibility index (Phi) is 6.67. The van der Waals surface area contributed by atoms with E-state index in [1.54, 1.807) is 34.9 Å². The first-order chi connectivity index (χ1) is 16.2. The molecule has 180 valence electrons. The predicted octanol–water partition coefficient (Wildman–Crippen LogP) is 2.86. The molecule has 0 bridgehead atoms. The van der Waals surface area contributed by atoms with Crippen LogP contribution in [0, 0.1) is 5.82 Å². The van der Waals surface area contributed by atoms with E-state index >= 15 is 0 Å². The zero-order chi connectivity index (χ0) is 24.6. The maximum absolute atomic E-state index is 13.7. The molecule has 1 aliphatic rings. The van der Waals surface area contributed by atoms with E-state index in [0.717, 1.165) is 5.56 Å². The first-order valence-corrected chi connectivity index (χ1v) is 11.5. The predicted molar refractivity (Wildman–Crippen MR) is 124 cm³/mol. The summed E-state index contributed by atoms with van der Waals surface area (Å²) in [6.07, 6.45) is 1.91. The molecule has 9 nitrogen and oxygen atoms in total. The Hall–Kier alpha value is -3.31. The van der Waals surface area contributed by atoms with Crippen molar-refractivity contribution in [2.24, 2.45) is 0 Å². The Balaban J connectivity index is 1.72. The number of methoxy groups -OCH3 is 2. The molecule has 1 amide bonds. The van der Waals surface area contributed by atoms with E-state index in [9.17, 15) is 19.1 Å². The highest BCUT2D eigenvalue weighted by atomic mass is 32.1. The fraction of sp³-hybridized carbons (Fsp3) is 0.391. The van der Waals surface area contributed by atoms with Crippen molar-refractivity contribution in [3.63, 3.8) is 0 Å². The normalized spacial score (nSPS) is 15.6. The van der Waals surface area contributed by atoms with Gasteiger partial charge in [0.25, 0.3) is 5.91 Å². The highest BCUT2D eigenvalue weighted by Crippen LogP contribution is 2.32. The average Bonchev–Trinajstić information content (AvgIpc) is 3.26. The van der Waals surface area contributed by atoms with Gasteiger partial charge in [0.15, 0.2) is 28.0 Å². The van der Waals surface area contributed by atoms with Crippen LogP contribution in [-0.4, -0.2) is 64.1 Å². The lowest BCUT2D eigenvalue weighted by molar-refractivity contribution is 0.0511. The molecule has 1 aromatic carbocycles. The van der Waals surface area contributed by atoms with Gasteiger partial charge in [0.1, 0.15) is 5.01 Å². The first kappa shape index (κ1) is 23.8. The number of nitrogens with zero attached hydrogens (tertiary/aromatic N) is 4. The van der Waals surface area contributed by atoms with Gasteiger partial charge in [-0.3, -0.25) is 9.59 Å². The smallest absolute Gasteiger partial charge is 0.274 e. The topological polar surface area (TPSA) is 107 Å². The van der Waals surface area contributed by atoms with Crippen LogP contribution in [0.4, 0.5) is 4.39 Å². The van der Waals surface area contributed by atoms with Crippen LogP contribution in [0.3, 0.4) is 0 Å². The van der Waals surface area contributed by atoms with Gasteiger partial charge in [-0.1, -0.05) is 17.4 Å². The Morgan fingerprint density at radius 3 is 2.71 bits per heavy atom. The van der Waals surface area contributed by atoms with Gasteiger partial charge < -0.3 is 24.0 Å². The van der Waals surface area contributed by atoms with Crippen LogP contribution in [0.15, 0.2) is 29.2 Å². The zero-order valence-electron chi connectivity index (χ0n) is 19.2. The van der Waals surface area contributed by atoms with Crippen LogP contribution in [0.5, 0.6) is 11.5 Å².